The summed E-state index contributed by atoms with van der Waals surface area (Å²) in [5.74, 6) is -1.23. The fourth-order valence-corrected chi connectivity index (χ4v) is 2.58. The Bertz CT molecular complexity index is 790. The summed E-state index contributed by atoms with van der Waals surface area (Å²) in [4.78, 5) is 14.7. The van der Waals surface area contributed by atoms with Gasteiger partial charge in [-0.3, -0.25) is 0 Å². The largest absolute Gasteiger partial charge is 0.465 e. The zero-order valence-electron chi connectivity index (χ0n) is 11.4. The monoisotopic (exact) mass is 329 g/mol. The van der Waals surface area contributed by atoms with Gasteiger partial charge >= 0.3 is 6.09 Å². The maximum absolute atomic E-state index is 13.2. The third-order valence-corrected chi connectivity index (χ3v) is 3.53. The number of nitrogens with one attached hydrogen (secondary N) is 1. The van der Waals surface area contributed by atoms with Crippen molar-refractivity contribution in [2.24, 2.45) is 0 Å². The number of aromatic nitrogens is 2. The lowest BCUT2D eigenvalue weighted by atomic mass is 10.2. The first-order chi connectivity index (χ1) is 10.2. The maximum atomic E-state index is 13.2. The van der Waals surface area contributed by atoms with Gasteiger partial charge in [0, 0.05) is 11.8 Å². The molecule has 1 aromatic heterocycles. The summed E-state index contributed by atoms with van der Waals surface area (Å²) < 4.78 is 40.7. The number of carbonyl (C=O) groups is 1. The highest BCUT2D eigenvalue weighted by Gasteiger charge is 2.25. The van der Waals surface area contributed by atoms with Crippen LogP contribution in [0.5, 0.6) is 0 Å². The molecule has 1 atom stereocenters. The van der Waals surface area contributed by atoms with Crippen molar-refractivity contribution in [1.29, 1.82) is 0 Å². The Hall–Kier alpha value is -2.49. The van der Waals surface area contributed by atoms with E-state index in [-0.39, 0.29) is 11.7 Å². The van der Waals surface area contributed by atoms with Crippen LogP contribution in [-0.4, -0.2) is 41.8 Å². The molecule has 2 aromatic rings. The molecule has 118 valence electrons. The van der Waals surface area contributed by atoms with E-state index in [4.69, 9.17) is 9.63 Å². The topological polar surface area (TPSA) is 122 Å². The van der Waals surface area contributed by atoms with Crippen LogP contribution in [0, 0.1) is 5.82 Å². The highest BCUT2D eigenvalue weighted by atomic mass is 32.2. The van der Waals surface area contributed by atoms with Gasteiger partial charge in [-0.15, -0.1) is 0 Å². The minimum atomic E-state index is -3.49. The van der Waals surface area contributed by atoms with Crippen molar-refractivity contribution in [2.45, 2.75) is 6.04 Å². The van der Waals surface area contributed by atoms with E-state index < -0.39 is 33.5 Å². The molecule has 0 aliphatic carbocycles. The quantitative estimate of drug-likeness (QED) is 0.845. The van der Waals surface area contributed by atoms with Gasteiger partial charge < -0.3 is 14.9 Å². The van der Waals surface area contributed by atoms with Gasteiger partial charge in [-0.25, -0.2) is 17.6 Å². The first-order valence-corrected chi connectivity index (χ1v) is 8.07. The third kappa shape index (κ3) is 4.25. The molecule has 0 spiro atoms. The van der Waals surface area contributed by atoms with E-state index in [0.717, 1.165) is 6.26 Å². The summed E-state index contributed by atoms with van der Waals surface area (Å²) in [7, 11) is -3.49. The smallest absolute Gasteiger partial charge is 0.405 e. The van der Waals surface area contributed by atoms with Crippen LogP contribution in [0.4, 0.5) is 9.18 Å². The summed E-state index contributed by atoms with van der Waals surface area (Å²) in [6, 6.07) is 4.19. The van der Waals surface area contributed by atoms with Gasteiger partial charge in [0.15, 0.2) is 0 Å². The van der Waals surface area contributed by atoms with E-state index in [1.165, 1.54) is 24.3 Å². The van der Waals surface area contributed by atoms with E-state index in [2.05, 4.69) is 10.1 Å². The molecular weight excluding hydrogens is 317 g/mol. The summed E-state index contributed by atoms with van der Waals surface area (Å²) >= 11 is 0. The van der Waals surface area contributed by atoms with Crippen LogP contribution in [-0.2, 0) is 9.84 Å². The molecule has 2 rings (SSSR count). The fourth-order valence-electron chi connectivity index (χ4n) is 1.75. The van der Waals surface area contributed by atoms with Crippen molar-refractivity contribution < 1.29 is 27.2 Å². The Morgan fingerprint density at radius 1 is 1.50 bits per heavy atom. The molecule has 0 bridgehead atoms. The molecule has 0 aliphatic rings. The van der Waals surface area contributed by atoms with Crippen molar-refractivity contribution in [1.82, 2.24) is 15.5 Å². The summed E-state index contributed by atoms with van der Waals surface area (Å²) in [5, 5.41) is 14.4. The molecule has 10 heteroatoms. The molecule has 22 heavy (non-hydrogen) atoms. The molecule has 1 unspecified atom stereocenters. The predicted molar refractivity (Wildman–Crippen MR) is 73.3 cm³/mol. The number of hydrogen-bond donors (Lipinski definition) is 2. The van der Waals surface area contributed by atoms with Crippen LogP contribution in [0.3, 0.4) is 0 Å². The van der Waals surface area contributed by atoms with Crippen LogP contribution < -0.4 is 5.32 Å². The molecule has 0 radical (unpaired) electrons. The van der Waals surface area contributed by atoms with Crippen LogP contribution in [0.2, 0.25) is 0 Å². The lowest BCUT2D eigenvalue weighted by molar-refractivity contribution is 0.188. The highest BCUT2D eigenvalue weighted by Crippen LogP contribution is 2.20. The molecule has 1 amide bonds. The Balaban J connectivity index is 2.32. The second kappa shape index (κ2) is 6.10. The fraction of sp³-hybridized carbons (Fsp3) is 0.250. The van der Waals surface area contributed by atoms with Crippen LogP contribution in [0.15, 0.2) is 28.8 Å². The highest BCUT2D eigenvalue weighted by molar-refractivity contribution is 7.90. The van der Waals surface area contributed by atoms with Crippen molar-refractivity contribution in [2.75, 3.05) is 12.0 Å². The molecule has 0 saturated carbocycles. The molecule has 1 heterocycles. The minimum Gasteiger partial charge on any atom is -0.465 e. The predicted octanol–water partition coefficient (Wildman–Crippen LogP) is 1.23. The second-order valence-corrected chi connectivity index (χ2v) is 6.75. The van der Waals surface area contributed by atoms with Crippen molar-refractivity contribution >= 4 is 15.9 Å². The van der Waals surface area contributed by atoms with Gasteiger partial charge in [-0.1, -0.05) is 17.3 Å². The third-order valence-electron chi connectivity index (χ3n) is 2.59. The molecule has 2 N–H and O–H groups in total. The number of carboxylic acid groups (broad SMARTS) is 1. The average molecular weight is 329 g/mol. The zero-order chi connectivity index (χ0) is 16.3. The number of benzene rings is 1. The van der Waals surface area contributed by atoms with Crippen molar-refractivity contribution in [3.8, 4) is 11.4 Å². The van der Waals surface area contributed by atoms with E-state index in [1.807, 2.05) is 5.32 Å². The van der Waals surface area contributed by atoms with E-state index in [1.54, 1.807) is 0 Å². The summed E-state index contributed by atoms with van der Waals surface area (Å²) in [6.45, 7) is 0. The number of halogens is 1. The lowest BCUT2D eigenvalue weighted by Crippen LogP contribution is -2.32. The first kappa shape index (κ1) is 15.9. The van der Waals surface area contributed by atoms with Crippen LogP contribution >= 0.6 is 0 Å². The van der Waals surface area contributed by atoms with Gasteiger partial charge in [0.05, 0.1) is 5.75 Å². The Morgan fingerprint density at radius 3 is 2.82 bits per heavy atom. The molecule has 8 nitrogen and oxygen atoms in total. The lowest BCUT2D eigenvalue weighted by Gasteiger charge is -2.10. The van der Waals surface area contributed by atoms with Gasteiger partial charge in [0.25, 0.3) is 5.89 Å². The van der Waals surface area contributed by atoms with Crippen LogP contribution in [0.1, 0.15) is 11.9 Å². The average Bonchev–Trinajstić information content (AvgIpc) is 2.85. The second-order valence-electron chi connectivity index (χ2n) is 4.56. The molecular formula is C12H12FN3O5S. The number of rotatable bonds is 5. The van der Waals surface area contributed by atoms with Gasteiger partial charge in [0.1, 0.15) is 21.7 Å². The minimum absolute atomic E-state index is 0.0280. The van der Waals surface area contributed by atoms with E-state index in [9.17, 15) is 17.6 Å². The van der Waals surface area contributed by atoms with Gasteiger partial charge in [-0.2, -0.15) is 4.98 Å². The normalized spacial score (nSPS) is 12.8. The molecule has 0 fully saturated rings. The first-order valence-electron chi connectivity index (χ1n) is 6.01. The molecule has 1 aromatic carbocycles. The number of nitrogens with zero attached hydrogens (tertiary/aromatic N) is 2. The SMILES string of the molecule is CS(=O)(=O)CC(NC(=O)O)c1nc(-c2cccc(F)c2)no1. The summed E-state index contributed by atoms with van der Waals surface area (Å²) in [6.07, 6.45) is -0.480. The van der Waals surface area contributed by atoms with E-state index >= 15 is 0 Å². The number of hydrogen-bond acceptors (Lipinski definition) is 6. The Morgan fingerprint density at radius 2 is 2.23 bits per heavy atom. The molecule has 0 aliphatic heterocycles. The van der Waals surface area contributed by atoms with Crippen LogP contribution in [0.25, 0.3) is 11.4 Å². The van der Waals surface area contributed by atoms with E-state index in [0.29, 0.717) is 5.56 Å². The van der Waals surface area contributed by atoms with Gasteiger partial charge in [-0.05, 0) is 12.1 Å². The summed E-state index contributed by atoms with van der Waals surface area (Å²) in [5.41, 5.74) is 0.323. The number of sulfone groups is 1. The van der Waals surface area contributed by atoms with Gasteiger partial charge in [0.2, 0.25) is 5.82 Å². The van der Waals surface area contributed by atoms with Crippen molar-refractivity contribution in [3.63, 3.8) is 0 Å². The molecule has 0 saturated heterocycles. The maximum Gasteiger partial charge on any atom is 0.405 e. The Kier molecular flexibility index (Phi) is 4.40. The standard InChI is InChI=1S/C12H12FN3O5S/c1-22(19,20)6-9(14-12(17)18)11-15-10(16-21-11)7-3-2-4-8(13)5-7/h2-5,9,14H,6H2,1H3,(H,17,18). The zero-order valence-corrected chi connectivity index (χ0v) is 12.2. The Labute approximate surface area is 124 Å². The van der Waals surface area contributed by atoms with Crippen molar-refractivity contribution in [3.05, 3.63) is 36.0 Å². The number of amides is 1.